The topological polar surface area (TPSA) is 60.8 Å². The van der Waals surface area contributed by atoms with E-state index in [1.165, 1.54) is 18.4 Å². The molecule has 0 aliphatic heterocycles. The number of nitrogens with zero attached hydrogens (tertiary/aromatic N) is 4. The van der Waals surface area contributed by atoms with Crippen LogP contribution in [-0.4, -0.2) is 19.9 Å². The number of hydrogen-bond acceptors (Lipinski definition) is 5. The van der Waals surface area contributed by atoms with Gasteiger partial charge in [0, 0.05) is 41.6 Å². The summed E-state index contributed by atoms with van der Waals surface area (Å²) in [4.78, 5) is 17.7. The first-order valence-electron chi connectivity index (χ1n) is 9.05. The Labute approximate surface area is 153 Å². The van der Waals surface area contributed by atoms with Crippen molar-refractivity contribution < 1.29 is 4.74 Å². The van der Waals surface area contributed by atoms with Crippen LogP contribution in [0, 0.1) is 13.8 Å². The summed E-state index contributed by atoms with van der Waals surface area (Å²) in [6.45, 7) is 4.37. The maximum atomic E-state index is 6.02. The Kier molecular flexibility index (Phi) is 4.61. The molecule has 3 aromatic rings. The second kappa shape index (κ2) is 7.20. The van der Waals surface area contributed by atoms with Crippen LogP contribution in [0.5, 0.6) is 5.88 Å². The van der Waals surface area contributed by atoms with Crippen molar-refractivity contribution in [1.82, 2.24) is 19.9 Å². The SMILES string of the molecule is Cc1cc(COc2cc(-c3cnc(C)nc3)c3c(n2)CCCC3)ccn1. The van der Waals surface area contributed by atoms with Crippen LogP contribution in [0.1, 0.15) is 41.2 Å². The van der Waals surface area contributed by atoms with Gasteiger partial charge in [-0.3, -0.25) is 4.98 Å². The van der Waals surface area contributed by atoms with E-state index in [1.54, 1.807) is 0 Å². The zero-order chi connectivity index (χ0) is 17.9. The first kappa shape index (κ1) is 16.6. The molecule has 3 heterocycles. The van der Waals surface area contributed by atoms with E-state index in [1.807, 2.05) is 50.6 Å². The molecular formula is C21H22N4O. The molecule has 3 aromatic heterocycles. The van der Waals surface area contributed by atoms with Crippen LogP contribution in [0.3, 0.4) is 0 Å². The van der Waals surface area contributed by atoms with Gasteiger partial charge in [-0.2, -0.15) is 0 Å². The average molecular weight is 346 g/mol. The lowest BCUT2D eigenvalue weighted by atomic mass is 9.90. The van der Waals surface area contributed by atoms with Crippen molar-refractivity contribution in [1.29, 1.82) is 0 Å². The van der Waals surface area contributed by atoms with Crippen LogP contribution >= 0.6 is 0 Å². The molecule has 1 aliphatic rings. The molecule has 0 saturated carbocycles. The van der Waals surface area contributed by atoms with Crippen LogP contribution in [0.4, 0.5) is 0 Å². The van der Waals surface area contributed by atoms with Gasteiger partial charge in [0.1, 0.15) is 12.4 Å². The lowest BCUT2D eigenvalue weighted by Crippen LogP contribution is -2.09. The van der Waals surface area contributed by atoms with Gasteiger partial charge in [0.2, 0.25) is 5.88 Å². The molecule has 0 fully saturated rings. The van der Waals surface area contributed by atoms with Crippen molar-refractivity contribution in [2.75, 3.05) is 0 Å². The lowest BCUT2D eigenvalue weighted by Gasteiger charge is -2.20. The normalized spacial score (nSPS) is 13.3. The summed E-state index contributed by atoms with van der Waals surface area (Å²) in [5.74, 6) is 1.44. The summed E-state index contributed by atoms with van der Waals surface area (Å²) in [6.07, 6.45) is 10.0. The number of ether oxygens (including phenoxy) is 1. The predicted octanol–water partition coefficient (Wildman–Crippen LogP) is 4.01. The molecule has 1 aliphatic carbocycles. The van der Waals surface area contributed by atoms with Crippen molar-refractivity contribution in [2.24, 2.45) is 0 Å². The van der Waals surface area contributed by atoms with Gasteiger partial charge in [-0.1, -0.05) is 0 Å². The summed E-state index contributed by atoms with van der Waals surface area (Å²) in [5.41, 5.74) is 6.72. The highest BCUT2D eigenvalue weighted by Gasteiger charge is 2.18. The minimum atomic E-state index is 0.485. The molecule has 26 heavy (non-hydrogen) atoms. The Morgan fingerprint density at radius 2 is 1.81 bits per heavy atom. The van der Waals surface area contributed by atoms with Crippen LogP contribution in [0.25, 0.3) is 11.1 Å². The molecule has 0 bridgehead atoms. The smallest absolute Gasteiger partial charge is 0.214 e. The Morgan fingerprint density at radius 3 is 2.62 bits per heavy atom. The number of aromatic nitrogens is 4. The second-order valence-electron chi connectivity index (χ2n) is 6.75. The monoisotopic (exact) mass is 346 g/mol. The standard InChI is InChI=1S/C21H22N4O/c1-14-9-16(7-8-22-14)13-26-21-10-19(17-11-23-15(2)24-12-17)18-5-3-4-6-20(18)25-21/h7-12H,3-6,13H2,1-2H3. The molecule has 0 amide bonds. The third-order valence-electron chi connectivity index (χ3n) is 4.72. The van der Waals surface area contributed by atoms with E-state index in [0.717, 1.165) is 46.7 Å². The fourth-order valence-electron chi connectivity index (χ4n) is 3.39. The van der Waals surface area contributed by atoms with Gasteiger partial charge in [0.05, 0.1) is 0 Å². The molecule has 0 radical (unpaired) electrons. The van der Waals surface area contributed by atoms with Gasteiger partial charge < -0.3 is 4.74 Å². The molecule has 0 N–H and O–H groups in total. The van der Waals surface area contributed by atoms with Crippen molar-refractivity contribution in [3.05, 3.63) is 65.1 Å². The fraction of sp³-hybridized carbons (Fsp3) is 0.333. The highest BCUT2D eigenvalue weighted by atomic mass is 16.5. The third-order valence-corrected chi connectivity index (χ3v) is 4.72. The maximum Gasteiger partial charge on any atom is 0.214 e. The minimum absolute atomic E-state index is 0.485. The molecule has 5 heteroatoms. The van der Waals surface area contributed by atoms with Gasteiger partial charge in [-0.05, 0) is 68.4 Å². The van der Waals surface area contributed by atoms with E-state index in [2.05, 4.69) is 15.0 Å². The number of aryl methyl sites for hydroxylation is 3. The molecule has 5 nitrogen and oxygen atoms in total. The van der Waals surface area contributed by atoms with E-state index in [4.69, 9.17) is 9.72 Å². The Hall–Kier alpha value is -2.82. The largest absolute Gasteiger partial charge is 0.473 e. The van der Waals surface area contributed by atoms with Gasteiger partial charge in [-0.25, -0.2) is 15.0 Å². The highest BCUT2D eigenvalue weighted by molar-refractivity contribution is 5.68. The van der Waals surface area contributed by atoms with Crippen molar-refractivity contribution in [3.8, 4) is 17.0 Å². The van der Waals surface area contributed by atoms with Gasteiger partial charge in [0.15, 0.2) is 0 Å². The molecule has 0 spiro atoms. The van der Waals surface area contributed by atoms with E-state index in [0.29, 0.717) is 12.5 Å². The van der Waals surface area contributed by atoms with E-state index >= 15 is 0 Å². The highest BCUT2D eigenvalue weighted by Crippen LogP contribution is 2.33. The van der Waals surface area contributed by atoms with Crippen molar-refractivity contribution >= 4 is 0 Å². The minimum Gasteiger partial charge on any atom is -0.473 e. The molecule has 0 saturated heterocycles. The second-order valence-corrected chi connectivity index (χ2v) is 6.75. The van der Waals surface area contributed by atoms with Crippen LogP contribution in [0.15, 0.2) is 36.8 Å². The van der Waals surface area contributed by atoms with E-state index in [-0.39, 0.29) is 0 Å². The molecule has 132 valence electrons. The number of pyridine rings is 2. The van der Waals surface area contributed by atoms with Gasteiger partial charge in [0.25, 0.3) is 0 Å². The van der Waals surface area contributed by atoms with Gasteiger partial charge >= 0.3 is 0 Å². The number of fused-ring (bicyclic) bond motifs is 1. The van der Waals surface area contributed by atoms with Crippen molar-refractivity contribution in [3.63, 3.8) is 0 Å². The Balaban J connectivity index is 1.67. The lowest BCUT2D eigenvalue weighted by molar-refractivity contribution is 0.292. The summed E-state index contributed by atoms with van der Waals surface area (Å²) >= 11 is 0. The van der Waals surface area contributed by atoms with E-state index < -0.39 is 0 Å². The van der Waals surface area contributed by atoms with Crippen LogP contribution in [0.2, 0.25) is 0 Å². The molecule has 0 atom stereocenters. The average Bonchev–Trinajstić information content (AvgIpc) is 2.66. The Bertz CT molecular complexity index is 922. The van der Waals surface area contributed by atoms with E-state index in [9.17, 15) is 0 Å². The van der Waals surface area contributed by atoms with Gasteiger partial charge in [-0.15, -0.1) is 0 Å². The first-order chi connectivity index (χ1) is 12.7. The fourth-order valence-corrected chi connectivity index (χ4v) is 3.39. The molecule has 0 unspecified atom stereocenters. The number of hydrogen-bond donors (Lipinski definition) is 0. The van der Waals surface area contributed by atoms with Crippen LogP contribution < -0.4 is 4.74 Å². The third kappa shape index (κ3) is 3.57. The summed E-state index contributed by atoms with van der Waals surface area (Å²) in [6, 6.07) is 6.04. The molecular weight excluding hydrogens is 324 g/mol. The van der Waals surface area contributed by atoms with Crippen LogP contribution in [-0.2, 0) is 19.4 Å². The summed E-state index contributed by atoms with van der Waals surface area (Å²) in [5, 5.41) is 0. The number of rotatable bonds is 4. The first-order valence-corrected chi connectivity index (χ1v) is 9.05. The Morgan fingerprint density at radius 1 is 1.00 bits per heavy atom. The summed E-state index contributed by atoms with van der Waals surface area (Å²) in [7, 11) is 0. The van der Waals surface area contributed by atoms with Crippen molar-refractivity contribution in [2.45, 2.75) is 46.1 Å². The maximum absolute atomic E-state index is 6.02. The molecule has 4 rings (SSSR count). The summed E-state index contributed by atoms with van der Waals surface area (Å²) < 4.78 is 6.02. The predicted molar refractivity (Wildman–Crippen MR) is 99.9 cm³/mol. The zero-order valence-corrected chi connectivity index (χ0v) is 15.2. The molecule has 0 aromatic carbocycles. The quantitative estimate of drug-likeness (QED) is 0.714. The zero-order valence-electron chi connectivity index (χ0n) is 15.2.